The first-order valence-electron chi connectivity index (χ1n) is 7.91. The molecule has 0 unspecified atom stereocenters. The minimum absolute atomic E-state index is 0.276. The average Bonchev–Trinajstić information content (AvgIpc) is 3.02. The van der Waals surface area contributed by atoms with Gasteiger partial charge in [-0.3, -0.25) is 4.79 Å². The third kappa shape index (κ3) is 4.36. The lowest BCUT2D eigenvalue weighted by Crippen LogP contribution is -2.28. The Balaban J connectivity index is 1.47. The molecule has 0 atom stereocenters. The molecule has 1 aromatic heterocycles. The first-order valence-corrected chi connectivity index (χ1v) is 9.11. The minimum Gasteiger partial charge on any atom is -0.451 e. The third-order valence-electron chi connectivity index (χ3n) is 3.91. The van der Waals surface area contributed by atoms with Gasteiger partial charge in [-0.25, -0.2) is 4.79 Å². The number of hydrogen-bond donors (Lipinski definition) is 1. The standard InChI is InChI=1S/C18H18ClNO3S/c19-14-6-3-4-12(8-14)10-20-17(21)11-23-18(22)16-9-13-5-1-2-7-15(13)24-16/h3-4,6,8-9H,1-2,5,7,10-11H2,(H,20,21). The predicted octanol–water partition coefficient (Wildman–Crippen LogP) is 3.75. The molecule has 1 aliphatic carbocycles. The van der Waals surface area contributed by atoms with Crippen molar-refractivity contribution in [2.24, 2.45) is 0 Å². The number of benzene rings is 1. The van der Waals surface area contributed by atoms with Gasteiger partial charge in [0.05, 0.1) is 0 Å². The van der Waals surface area contributed by atoms with Crippen LogP contribution in [0.15, 0.2) is 30.3 Å². The molecule has 0 spiro atoms. The highest BCUT2D eigenvalue weighted by Gasteiger charge is 2.18. The number of nitrogens with one attached hydrogen (secondary N) is 1. The number of rotatable bonds is 5. The van der Waals surface area contributed by atoms with Crippen molar-refractivity contribution < 1.29 is 14.3 Å². The van der Waals surface area contributed by atoms with E-state index in [2.05, 4.69) is 5.32 Å². The highest BCUT2D eigenvalue weighted by Crippen LogP contribution is 2.29. The molecule has 0 bridgehead atoms. The van der Waals surface area contributed by atoms with Crippen LogP contribution in [-0.4, -0.2) is 18.5 Å². The Morgan fingerprint density at radius 1 is 1.21 bits per heavy atom. The van der Waals surface area contributed by atoms with Gasteiger partial charge in [-0.2, -0.15) is 0 Å². The van der Waals surface area contributed by atoms with Crippen molar-refractivity contribution in [1.29, 1.82) is 0 Å². The summed E-state index contributed by atoms with van der Waals surface area (Å²) < 4.78 is 5.11. The lowest BCUT2D eigenvalue weighted by molar-refractivity contribution is -0.124. The Bertz CT molecular complexity index is 733. The normalized spacial score (nSPS) is 13.2. The van der Waals surface area contributed by atoms with E-state index in [1.54, 1.807) is 12.1 Å². The zero-order valence-corrected chi connectivity index (χ0v) is 14.7. The first-order chi connectivity index (χ1) is 11.6. The van der Waals surface area contributed by atoms with Crippen LogP contribution in [-0.2, 0) is 28.9 Å². The van der Waals surface area contributed by atoms with E-state index in [0.29, 0.717) is 16.4 Å². The fourth-order valence-electron chi connectivity index (χ4n) is 2.69. The van der Waals surface area contributed by atoms with Crippen molar-refractivity contribution >= 4 is 34.8 Å². The number of carbonyl (C=O) groups is 2. The molecule has 1 aliphatic rings. The summed E-state index contributed by atoms with van der Waals surface area (Å²) in [6, 6.07) is 9.15. The van der Waals surface area contributed by atoms with Gasteiger partial charge in [-0.15, -0.1) is 11.3 Å². The van der Waals surface area contributed by atoms with Gasteiger partial charge in [0.25, 0.3) is 5.91 Å². The maximum atomic E-state index is 12.1. The first kappa shape index (κ1) is 17.0. The zero-order chi connectivity index (χ0) is 16.9. The van der Waals surface area contributed by atoms with Crippen LogP contribution >= 0.6 is 22.9 Å². The second-order valence-electron chi connectivity index (χ2n) is 5.75. The van der Waals surface area contributed by atoms with Gasteiger partial charge >= 0.3 is 5.97 Å². The summed E-state index contributed by atoms with van der Waals surface area (Å²) in [5.74, 6) is -0.753. The summed E-state index contributed by atoms with van der Waals surface area (Å²) >= 11 is 7.38. The van der Waals surface area contributed by atoms with Gasteiger partial charge in [0.2, 0.25) is 0 Å². The van der Waals surface area contributed by atoms with Crippen LogP contribution in [0, 0.1) is 0 Å². The Morgan fingerprint density at radius 2 is 2.04 bits per heavy atom. The molecule has 0 saturated carbocycles. The minimum atomic E-state index is -0.424. The molecule has 1 heterocycles. The fraction of sp³-hybridized carbons (Fsp3) is 0.333. The topological polar surface area (TPSA) is 55.4 Å². The largest absolute Gasteiger partial charge is 0.451 e. The van der Waals surface area contributed by atoms with E-state index in [-0.39, 0.29) is 12.5 Å². The molecular weight excluding hydrogens is 346 g/mol. The number of fused-ring (bicyclic) bond motifs is 1. The molecule has 1 N–H and O–H groups in total. The van der Waals surface area contributed by atoms with E-state index in [9.17, 15) is 9.59 Å². The van der Waals surface area contributed by atoms with Crippen LogP contribution in [0.25, 0.3) is 0 Å². The van der Waals surface area contributed by atoms with Crippen LogP contribution in [0.3, 0.4) is 0 Å². The van der Waals surface area contributed by atoms with Crippen molar-refractivity contribution in [3.63, 3.8) is 0 Å². The number of halogens is 1. The number of carbonyl (C=O) groups excluding carboxylic acids is 2. The Hall–Kier alpha value is -1.85. The van der Waals surface area contributed by atoms with Crippen molar-refractivity contribution in [2.45, 2.75) is 32.2 Å². The summed E-state index contributed by atoms with van der Waals surface area (Å²) in [7, 11) is 0. The molecule has 6 heteroatoms. The average molecular weight is 364 g/mol. The van der Waals surface area contributed by atoms with E-state index < -0.39 is 5.97 Å². The van der Waals surface area contributed by atoms with Crippen LogP contribution in [0.4, 0.5) is 0 Å². The van der Waals surface area contributed by atoms with E-state index in [0.717, 1.165) is 18.4 Å². The summed E-state index contributed by atoms with van der Waals surface area (Å²) in [6.07, 6.45) is 4.41. The smallest absolute Gasteiger partial charge is 0.348 e. The van der Waals surface area contributed by atoms with Crippen LogP contribution in [0.5, 0.6) is 0 Å². The molecule has 24 heavy (non-hydrogen) atoms. The number of aryl methyl sites for hydroxylation is 2. The third-order valence-corrected chi connectivity index (χ3v) is 5.36. The Morgan fingerprint density at radius 3 is 2.83 bits per heavy atom. The molecule has 2 aromatic rings. The SMILES string of the molecule is O=C(COC(=O)c1cc2c(s1)CCCC2)NCc1cccc(Cl)c1. The molecule has 0 radical (unpaired) electrons. The lowest BCUT2D eigenvalue weighted by Gasteiger charge is -2.08. The van der Waals surface area contributed by atoms with Crippen LogP contribution in [0.2, 0.25) is 5.02 Å². The van der Waals surface area contributed by atoms with Gasteiger partial charge in [-0.05, 0) is 55.0 Å². The fourth-order valence-corrected chi connectivity index (χ4v) is 4.05. The number of ether oxygens (including phenoxy) is 1. The second-order valence-corrected chi connectivity index (χ2v) is 7.32. The van der Waals surface area contributed by atoms with Gasteiger partial charge < -0.3 is 10.1 Å². The molecule has 0 aliphatic heterocycles. The molecule has 126 valence electrons. The molecule has 0 saturated heterocycles. The molecule has 1 aromatic carbocycles. The van der Waals surface area contributed by atoms with Crippen LogP contribution in [0.1, 0.15) is 38.5 Å². The summed E-state index contributed by atoms with van der Waals surface area (Å²) in [6.45, 7) is 0.0756. The molecule has 4 nitrogen and oxygen atoms in total. The number of amides is 1. The van der Waals surface area contributed by atoms with Crippen molar-refractivity contribution in [3.05, 3.63) is 56.2 Å². The van der Waals surface area contributed by atoms with Crippen molar-refractivity contribution in [2.75, 3.05) is 6.61 Å². The van der Waals surface area contributed by atoms with Gasteiger partial charge in [0.1, 0.15) is 4.88 Å². The van der Waals surface area contributed by atoms with E-state index >= 15 is 0 Å². The van der Waals surface area contributed by atoms with Crippen molar-refractivity contribution in [1.82, 2.24) is 5.32 Å². The summed E-state index contributed by atoms with van der Waals surface area (Å²) in [5, 5.41) is 3.33. The van der Waals surface area contributed by atoms with E-state index in [1.807, 2.05) is 18.2 Å². The number of hydrogen-bond acceptors (Lipinski definition) is 4. The maximum absolute atomic E-state index is 12.1. The maximum Gasteiger partial charge on any atom is 0.348 e. The second kappa shape index (κ2) is 7.81. The molecule has 3 rings (SSSR count). The molecular formula is C18H18ClNO3S. The highest BCUT2D eigenvalue weighted by atomic mass is 35.5. The summed E-state index contributed by atoms with van der Waals surface area (Å²) in [5.41, 5.74) is 2.15. The van der Waals surface area contributed by atoms with Gasteiger partial charge in [0.15, 0.2) is 6.61 Å². The van der Waals surface area contributed by atoms with E-state index in [1.165, 1.54) is 34.6 Å². The predicted molar refractivity (Wildman–Crippen MR) is 94.5 cm³/mol. The van der Waals surface area contributed by atoms with Crippen LogP contribution < -0.4 is 5.32 Å². The molecule has 0 fully saturated rings. The van der Waals surface area contributed by atoms with Gasteiger partial charge in [0, 0.05) is 16.4 Å². The van der Waals surface area contributed by atoms with Gasteiger partial charge in [-0.1, -0.05) is 23.7 Å². The van der Waals surface area contributed by atoms with E-state index in [4.69, 9.17) is 16.3 Å². The Labute approximate surface area is 149 Å². The Kier molecular flexibility index (Phi) is 5.53. The lowest BCUT2D eigenvalue weighted by atomic mass is 9.99. The zero-order valence-electron chi connectivity index (χ0n) is 13.1. The quantitative estimate of drug-likeness (QED) is 0.823. The summed E-state index contributed by atoms with van der Waals surface area (Å²) in [4.78, 5) is 25.8. The van der Waals surface area contributed by atoms with Crippen molar-refractivity contribution in [3.8, 4) is 0 Å². The molecule has 1 amide bonds. The highest BCUT2D eigenvalue weighted by molar-refractivity contribution is 7.14. The number of thiophene rings is 1. The number of esters is 1. The monoisotopic (exact) mass is 363 g/mol.